The van der Waals surface area contributed by atoms with Crippen molar-refractivity contribution in [1.29, 1.82) is 0 Å². The van der Waals surface area contributed by atoms with E-state index in [4.69, 9.17) is 0 Å². The number of carbonyl (C=O) groups is 3. The first-order valence-corrected chi connectivity index (χ1v) is 5.40. The highest BCUT2D eigenvalue weighted by Crippen LogP contribution is 2.11. The number of rotatable bonds is 3. The van der Waals surface area contributed by atoms with Crippen LogP contribution < -0.4 is 16.0 Å². The average Bonchev–Trinajstić information content (AvgIpc) is 2.25. The van der Waals surface area contributed by atoms with Crippen LogP contribution in [0, 0.1) is 0 Å². The van der Waals surface area contributed by atoms with Crippen LogP contribution in [0.5, 0.6) is 0 Å². The van der Waals surface area contributed by atoms with Crippen molar-refractivity contribution in [2.45, 2.75) is 6.18 Å². The Hall–Kier alpha value is -1.84. The molecular formula is C9H13F3N4O3. The summed E-state index contributed by atoms with van der Waals surface area (Å²) in [6.07, 6.45) is -4.54. The van der Waals surface area contributed by atoms with Gasteiger partial charge in [0.15, 0.2) is 0 Å². The van der Waals surface area contributed by atoms with Crippen molar-refractivity contribution in [3.05, 3.63) is 0 Å². The first-order valence-electron chi connectivity index (χ1n) is 5.40. The Morgan fingerprint density at radius 2 is 2.05 bits per heavy atom. The molecule has 0 atom stereocenters. The van der Waals surface area contributed by atoms with E-state index in [1.165, 1.54) is 10.2 Å². The molecule has 108 valence electrons. The van der Waals surface area contributed by atoms with Gasteiger partial charge in [-0.1, -0.05) is 0 Å². The number of amides is 4. The number of halogens is 3. The molecule has 0 saturated carbocycles. The molecule has 19 heavy (non-hydrogen) atoms. The van der Waals surface area contributed by atoms with E-state index in [2.05, 4.69) is 5.32 Å². The first-order chi connectivity index (χ1) is 8.76. The lowest BCUT2D eigenvalue weighted by Gasteiger charge is -2.25. The molecule has 1 fully saturated rings. The molecule has 1 aliphatic heterocycles. The Morgan fingerprint density at radius 1 is 1.37 bits per heavy atom. The number of imide groups is 1. The normalized spacial score (nSPS) is 16.7. The molecule has 10 heteroatoms. The average molecular weight is 282 g/mol. The summed E-state index contributed by atoms with van der Waals surface area (Å²) in [5.41, 5.74) is 0. The zero-order chi connectivity index (χ0) is 14.5. The van der Waals surface area contributed by atoms with Gasteiger partial charge in [-0.05, 0) is 0 Å². The van der Waals surface area contributed by atoms with Crippen LogP contribution >= 0.6 is 0 Å². The second kappa shape index (κ2) is 6.36. The zero-order valence-electron chi connectivity index (χ0n) is 9.84. The molecule has 3 N–H and O–H groups in total. The van der Waals surface area contributed by atoms with Crippen molar-refractivity contribution >= 4 is 17.8 Å². The minimum Gasteiger partial charge on any atom is -0.354 e. The number of nitrogens with zero attached hydrogens (tertiary/aromatic N) is 1. The second-order valence-electron chi connectivity index (χ2n) is 3.91. The summed E-state index contributed by atoms with van der Waals surface area (Å²) in [7, 11) is 0. The molecule has 0 radical (unpaired) electrons. The van der Waals surface area contributed by atoms with Gasteiger partial charge in [-0.2, -0.15) is 13.2 Å². The lowest BCUT2D eigenvalue weighted by Crippen LogP contribution is -2.52. The van der Waals surface area contributed by atoms with E-state index in [1.807, 2.05) is 0 Å². The summed E-state index contributed by atoms with van der Waals surface area (Å²) in [5, 5.41) is 5.80. The molecule has 1 rings (SSSR count). The van der Waals surface area contributed by atoms with Crippen molar-refractivity contribution in [1.82, 2.24) is 20.9 Å². The predicted octanol–water partition coefficient (Wildman–Crippen LogP) is -1.19. The van der Waals surface area contributed by atoms with Gasteiger partial charge in [-0.25, -0.2) is 4.79 Å². The van der Waals surface area contributed by atoms with Crippen LogP contribution in [0.1, 0.15) is 0 Å². The van der Waals surface area contributed by atoms with Gasteiger partial charge in [0.25, 0.3) is 0 Å². The van der Waals surface area contributed by atoms with E-state index < -0.39 is 24.7 Å². The van der Waals surface area contributed by atoms with Crippen LogP contribution in [0.4, 0.5) is 18.0 Å². The molecule has 0 aromatic carbocycles. The van der Waals surface area contributed by atoms with Crippen LogP contribution in [0.25, 0.3) is 0 Å². The lowest BCUT2D eigenvalue weighted by molar-refractivity contribution is -0.127. The maximum absolute atomic E-state index is 11.8. The van der Waals surface area contributed by atoms with Crippen LogP contribution in [-0.4, -0.2) is 61.6 Å². The molecule has 1 saturated heterocycles. The molecule has 1 aliphatic rings. The van der Waals surface area contributed by atoms with E-state index in [0.29, 0.717) is 13.1 Å². The zero-order valence-corrected chi connectivity index (χ0v) is 9.84. The van der Waals surface area contributed by atoms with E-state index in [1.54, 1.807) is 5.32 Å². The highest BCUT2D eigenvalue weighted by atomic mass is 19.4. The SMILES string of the molecule is O=C1CN(CC(=O)NC(=O)NCC(F)(F)F)CCN1. The quantitative estimate of drug-likeness (QED) is 0.607. The van der Waals surface area contributed by atoms with Gasteiger partial charge in [-0.15, -0.1) is 0 Å². The Bertz CT molecular complexity index is 372. The fourth-order valence-corrected chi connectivity index (χ4v) is 1.42. The maximum Gasteiger partial charge on any atom is 0.405 e. The van der Waals surface area contributed by atoms with Crippen LogP contribution in [0.2, 0.25) is 0 Å². The first kappa shape index (κ1) is 15.2. The lowest BCUT2D eigenvalue weighted by atomic mass is 10.3. The molecule has 0 aromatic heterocycles. The molecule has 0 aliphatic carbocycles. The van der Waals surface area contributed by atoms with E-state index >= 15 is 0 Å². The summed E-state index contributed by atoms with van der Waals surface area (Å²) in [5.74, 6) is -1.02. The van der Waals surface area contributed by atoms with Gasteiger partial charge < -0.3 is 10.6 Å². The van der Waals surface area contributed by atoms with E-state index in [-0.39, 0.29) is 19.0 Å². The minimum atomic E-state index is -4.54. The molecule has 4 amide bonds. The summed E-state index contributed by atoms with van der Waals surface area (Å²) in [4.78, 5) is 34.8. The number of hydrogen-bond donors (Lipinski definition) is 3. The van der Waals surface area contributed by atoms with Gasteiger partial charge in [0.05, 0.1) is 13.1 Å². The topological polar surface area (TPSA) is 90.5 Å². The smallest absolute Gasteiger partial charge is 0.354 e. The molecular weight excluding hydrogens is 269 g/mol. The van der Waals surface area contributed by atoms with E-state index in [0.717, 1.165) is 0 Å². The van der Waals surface area contributed by atoms with Crippen molar-refractivity contribution in [2.75, 3.05) is 32.7 Å². The standard InChI is InChI=1S/C9H13F3N4O3/c10-9(11,12)5-14-8(19)15-7(18)4-16-2-1-13-6(17)3-16/h1-5H2,(H,13,17)(H2,14,15,18,19). The fraction of sp³-hybridized carbons (Fsp3) is 0.667. The Morgan fingerprint density at radius 3 is 2.63 bits per heavy atom. The molecule has 1 heterocycles. The molecule has 0 unspecified atom stereocenters. The number of carbonyl (C=O) groups excluding carboxylic acids is 3. The van der Waals surface area contributed by atoms with Gasteiger partial charge >= 0.3 is 12.2 Å². The van der Waals surface area contributed by atoms with Crippen molar-refractivity contribution in [2.24, 2.45) is 0 Å². The van der Waals surface area contributed by atoms with Crippen LogP contribution in [0.3, 0.4) is 0 Å². The van der Waals surface area contributed by atoms with Gasteiger partial charge in [-0.3, -0.25) is 19.8 Å². The highest BCUT2D eigenvalue weighted by Gasteiger charge is 2.28. The number of urea groups is 1. The maximum atomic E-state index is 11.8. The number of piperazine rings is 1. The number of nitrogens with one attached hydrogen (secondary N) is 3. The third kappa shape index (κ3) is 6.60. The molecule has 0 bridgehead atoms. The van der Waals surface area contributed by atoms with Crippen molar-refractivity contribution in [3.63, 3.8) is 0 Å². The van der Waals surface area contributed by atoms with Gasteiger partial charge in [0.1, 0.15) is 6.54 Å². The summed E-state index contributed by atoms with van der Waals surface area (Å²) < 4.78 is 35.4. The number of alkyl halides is 3. The summed E-state index contributed by atoms with van der Waals surface area (Å²) in [6, 6.07) is -1.22. The number of hydrogen-bond acceptors (Lipinski definition) is 4. The molecule has 0 spiro atoms. The highest BCUT2D eigenvalue weighted by molar-refractivity contribution is 5.95. The van der Waals surface area contributed by atoms with Crippen molar-refractivity contribution < 1.29 is 27.6 Å². The Labute approximate surface area is 106 Å². The summed E-state index contributed by atoms with van der Waals surface area (Å²) in [6.45, 7) is -0.918. The fourth-order valence-electron chi connectivity index (χ4n) is 1.42. The molecule has 7 nitrogen and oxygen atoms in total. The third-order valence-corrected chi connectivity index (χ3v) is 2.19. The van der Waals surface area contributed by atoms with Crippen LogP contribution in [-0.2, 0) is 9.59 Å². The monoisotopic (exact) mass is 282 g/mol. The Kier molecular flexibility index (Phi) is 5.10. The van der Waals surface area contributed by atoms with E-state index in [9.17, 15) is 27.6 Å². The minimum absolute atomic E-state index is 0.0115. The Balaban J connectivity index is 2.26. The van der Waals surface area contributed by atoms with Crippen molar-refractivity contribution in [3.8, 4) is 0 Å². The second-order valence-corrected chi connectivity index (χ2v) is 3.91. The predicted molar refractivity (Wildman–Crippen MR) is 57.0 cm³/mol. The van der Waals surface area contributed by atoms with Gasteiger partial charge in [0.2, 0.25) is 11.8 Å². The third-order valence-electron chi connectivity index (χ3n) is 2.19. The van der Waals surface area contributed by atoms with Crippen LogP contribution in [0.15, 0.2) is 0 Å². The summed E-state index contributed by atoms with van der Waals surface area (Å²) >= 11 is 0. The van der Waals surface area contributed by atoms with Gasteiger partial charge in [0, 0.05) is 13.1 Å². The largest absolute Gasteiger partial charge is 0.405 e. The molecule has 0 aromatic rings.